The molecule has 0 aliphatic heterocycles. The molecule has 0 spiro atoms. The summed E-state index contributed by atoms with van der Waals surface area (Å²) in [7, 11) is 0. The lowest BCUT2D eigenvalue weighted by Crippen LogP contribution is -2.02. The Bertz CT molecular complexity index is 812. The van der Waals surface area contributed by atoms with E-state index < -0.39 is 0 Å². The number of nitriles is 1. The summed E-state index contributed by atoms with van der Waals surface area (Å²) in [4.78, 5) is 4.59. The highest BCUT2D eigenvalue weighted by atomic mass is 35.5. The molecule has 0 aliphatic rings. The van der Waals surface area contributed by atoms with Gasteiger partial charge in [-0.25, -0.2) is 4.98 Å². The largest absolute Gasteiger partial charge is 0.295 e. The van der Waals surface area contributed by atoms with Gasteiger partial charge in [0.25, 0.3) is 0 Å². The van der Waals surface area contributed by atoms with Gasteiger partial charge in [-0.2, -0.15) is 5.26 Å². The van der Waals surface area contributed by atoms with Gasteiger partial charge < -0.3 is 0 Å². The molecule has 1 unspecified atom stereocenters. The number of imidazole rings is 1. The van der Waals surface area contributed by atoms with E-state index in [2.05, 4.69) is 11.1 Å². The minimum atomic E-state index is -0.215. The molecule has 0 fully saturated rings. The number of rotatable bonds is 2. The lowest BCUT2D eigenvalue weighted by molar-refractivity contribution is 0.882. The SMILES string of the molecule is CC(Cl)c1nc2ccccc2n1-c1cccc(C#N)c1. The monoisotopic (exact) mass is 281 g/mol. The maximum Gasteiger partial charge on any atom is 0.132 e. The first kappa shape index (κ1) is 12.7. The van der Waals surface area contributed by atoms with Gasteiger partial charge in [-0.05, 0) is 37.3 Å². The van der Waals surface area contributed by atoms with Gasteiger partial charge in [0.15, 0.2) is 0 Å². The number of aromatic nitrogens is 2. The third kappa shape index (κ3) is 2.04. The molecule has 0 aliphatic carbocycles. The first-order valence-electron chi connectivity index (χ1n) is 6.32. The zero-order valence-electron chi connectivity index (χ0n) is 10.9. The van der Waals surface area contributed by atoms with Crippen molar-refractivity contribution in [2.45, 2.75) is 12.3 Å². The molecule has 3 rings (SSSR count). The number of hydrogen-bond donors (Lipinski definition) is 0. The molecule has 3 nitrogen and oxygen atoms in total. The Morgan fingerprint density at radius 3 is 2.75 bits per heavy atom. The van der Waals surface area contributed by atoms with Crippen molar-refractivity contribution in [1.82, 2.24) is 9.55 Å². The fourth-order valence-corrected chi connectivity index (χ4v) is 2.44. The van der Waals surface area contributed by atoms with E-state index in [9.17, 15) is 0 Å². The summed E-state index contributed by atoms with van der Waals surface area (Å²) in [6, 6.07) is 17.5. The Balaban J connectivity index is 2.33. The third-order valence-electron chi connectivity index (χ3n) is 3.18. The van der Waals surface area contributed by atoms with E-state index >= 15 is 0 Å². The van der Waals surface area contributed by atoms with Crippen LogP contribution in [-0.4, -0.2) is 9.55 Å². The Morgan fingerprint density at radius 2 is 2.00 bits per heavy atom. The summed E-state index contributed by atoms with van der Waals surface area (Å²) in [6.07, 6.45) is 0. The Kier molecular flexibility index (Phi) is 3.17. The van der Waals surface area contributed by atoms with Crippen molar-refractivity contribution in [3.8, 4) is 11.8 Å². The van der Waals surface area contributed by atoms with Crippen LogP contribution in [0.5, 0.6) is 0 Å². The highest BCUT2D eigenvalue weighted by Crippen LogP contribution is 2.28. The molecule has 0 saturated carbocycles. The second kappa shape index (κ2) is 4.99. The average Bonchev–Trinajstić information content (AvgIpc) is 2.87. The van der Waals surface area contributed by atoms with Crippen molar-refractivity contribution in [2.75, 3.05) is 0 Å². The molecule has 3 aromatic rings. The topological polar surface area (TPSA) is 41.6 Å². The van der Waals surface area contributed by atoms with Gasteiger partial charge in [-0.3, -0.25) is 4.57 Å². The number of fused-ring (bicyclic) bond motifs is 1. The molecule has 0 saturated heterocycles. The zero-order chi connectivity index (χ0) is 14.1. The van der Waals surface area contributed by atoms with Crippen LogP contribution < -0.4 is 0 Å². The van der Waals surface area contributed by atoms with Crippen molar-refractivity contribution in [1.29, 1.82) is 5.26 Å². The van der Waals surface area contributed by atoms with Crippen LogP contribution in [0.1, 0.15) is 23.7 Å². The smallest absolute Gasteiger partial charge is 0.132 e. The summed E-state index contributed by atoms with van der Waals surface area (Å²) >= 11 is 6.25. The normalized spacial score (nSPS) is 12.2. The van der Waals surface area contributed by atoms with Crippen LogP contribution in [0.3, 0.4) is 0 Å². The second-order valence-corrected chi connectivity index (χ2v) is 5.23. The first-order chi connectivity index (χ1) is 9.70. The summed E-state index contributed by atoms with van der Waals surface area (Å²) in [5.41, 5.74) is 3.41. The van der Waals surface area contributed by atoms with Crippen LogP contribution in [0.25, 0.3) is 16.7 Å². The van der Waals surface area contributed by atoms with E-state index in [4.69, 9.17) is 16.9 Å². The standard InChI is InChI=1S/C16H12ClN3/c1-11(17)16-19-14-7-2-3-8-15(14)20(16)13-6-4-5-12(9-13)10-18/h2-9,11H,1H3. The molecule has 98 valence electrons. The summed E-state index contributed by atoms with van der Waals surface area (Å²) in [5, 5.41) is 8.84. The molecule has 0 radical (unpaired) electrons. The van der Waals surface area contributed by atoms with E-state index in [1.165, 1.54) is 0 Å². The van der Waals surface area contributed by atoms with Crippen molar-refractivity contribution in [3.63, 3.8) is 0 Å². The fraction of sp³-hybridized carbons (Fsp3) is 0.125. The molecule has 1 aromatic heterocycles. The number of para-hydroxylation sites is 2. The molecule has 1 heterocycles. The predicted octanol–water partition coefficient (Wildman–Crippen LogP) is 4.20. The number of nitrogens with zero attached hydrogens (tertiary/aromatic N) is 3. The molecule has 1 atom stereocenters. The van der Waals surface area contributed by atoms with Gasteiger partial charge in [0, 0.05) is 5.69 Å². The average molecular weight is 282 g/mol. The zero-order valence-corrected chi connectivity index (χ0v) is 11.7. The number of halogens is 1. The highest BCUT2D eigenvalue weighted by molar-refractivity contribution is 6.20. The van der Waals surface area contributed by atoms with E-state index in [0.717, 1.165) is 22.5 Å². The van der Waals surface area contributed by atoms with Crippen LogP contribution in [0.4, 0.5) is 0 Å². The van der Waals surface area contributed by atoms with Gasteiger partial charge in [-0.15, -0.1) is 11.6 Å². The minimum absolute atomic E-state index is 0.215. The predicted molar refractivity (Wildman–Crippen MR) is 80.1 cm³/mol. The molecule has 4 heteroatoms. The first-order valence-corrected chi connectivity index (χ1v) is 6.76. The van der Waals surface area contributed by atoms with Gasteiger partial charge in [0.1, 0.15) is 5.82 Å². The van der Waals surface area contributed by atoms with Gasteiger partial charge >= 0.3 is 0 Å². The molecule has 0 bridgehead atoms. The second-order valence-electron chi connectivity index (χ2n) is 4.57. The van der Waals surface area contributed by atoms with Crippen molar-refractivity contribution in [3.05, 3.63) is 59.9 Å². The maximum atomic E-state index is 9.05. The van der Waals surface area contributed by atoms with Crippen molar-refractivity contribution in [2.24, 2.45) is 0 Å². The molecular weight excluding hydrogens is 270 g/mol. The quantitative estimate of drug-likeness (QED) is 0.661. The third-order valence-corrected chi connectivity index (χ3v) is 3.37. The number of benzene rings is 2. The summed E-state index contributed by atoms with van der Waals surface area (Å²) in [6.45, 7) is 1.90. The van der Waals surface area contributed by atoms with Crippen LogP contribution in [0.2, 0.25) is 0 Å². The molecule has 20 heavy (non-hydrogen) atoms. The lowest BCUT2D eigenvalue weighted by Gasteiger charge is -2.10. The molecule has 0 amide bonds. The van der Waals surface area contributed by atoms with E-state index in [1.54, 1.807) is 6.07 Å². The van der Waals surface area contributed by atoms with Crippen molar-refractivity contribution < 1.29 is 0 Å². The maximum absolute atomic E-state index is 9.05. The van der Waals surface area contributed by atoms with Crippen LogP contribution >= 0.6 is 11.6 Å². The fourth-order valence-electron chi connectivity index (χ4n) is 2.30. The Hall–Kier alpha value is -2.31. The molecule has 0 N–H and O–H groups in total. The van der Waals surface area contributed by atoms with Gasteiger partial charge in [0.2, 0.25) is 0 Å². The highest BCUT2D eigenvalue weighted by Gasteiger charge is 2.16. The minimum Gasteiger partial charge on any atom is -0.295 e. The van der Waals surface area contributed by atoms with Crippen LogP contribution in [0.15, 0.2) is 48.5 Å². The summed E-state index contributed by atoms with van der Waals surface area (Å²) < 4.78 is 2.01. The molecular formula is C16H12ClN3. The number of alkyl halides is 1. The van der Waals surface area contributed by atoms with E-state index in [1.807, 2.05) is 54.0 Å². The van der Waals surface area contributed by atoms with E-state index in [-0.39, 0.29) is 5.38 Å². The lowest BCUT2D eigenvalue weighted by atomic mass is 10.2. The van der Waals surface area contributed by atoms with Crippen molar-refractivity contribution >= 4 is 22.6 Å². The van der Waals surface area contributed by atoms with Gasteiger partial charge in [-0.1, -0.05) is 18.2 Å². The van der Waals surface area contributed by atoms with Gasteiger partial charge in [0.05, 0.1) is 28.0 Å². The Morgan fingerprint density at radius 1 is 1.20 bits per heavy atom. The summed E-state index contributed by atoms with van der Waals surface area (Å²) in [5.74, 6) is 0.781. The Labute approximate surface area is 122 Å². The van der Waals surface area contributed by atoms with E-state index in [0.29, 0.717) is 5.56 Å². The van der Waals surface area contributed by atoms with Crippen LogP contribution in [-0.2, 0) is 0 Å². The number of hydrogen-bond acceptors (Lipinski definition) is 2. The molecule has 2 aromatic carbocycles. The van der Waals surface area contributed by atoms with Crippen LogP contribution in [0, 0.1) is 11.3 Å².